The van der Waals surface area contributed by atoms with E-state index >= 15 is 0 Å². The second-order valence-electron chi connectivity index (χ2n) is 5.46. The van der Waals surface area contributed by atoms with E-state index in [1.54, 1.807) is 11.8 Å². The molecule has 5 heteroatoms. The molecule has 0 fully saturated rings. The molecule has 4 nitrogen and oxygen atoms in total. The van der Waals surface area contributed by atoms with E-state index in [0.717, 1.165) is 22.6 Å². The van der Waals surface area contributed by atoms with E-state index in [4.69, 9.17) is 0 Å². The van der Waals surface area contributed by atoms with E-state index in [-0.39, 0.29) is 5.91 Å². The molecule has 0 atom stereocenters. The van der Waals surface area contributed by atoms with Crippen molar-refractivity contribution in [3.63, 3.8) is 0 Å². The summed E-state index contributed by atoms with van der Waals surface area (Å²) < 4.78 is 0. The molecule has 0 aliphatic heterocycles. The first-order valence-corrected chi connectivity index (χ1v) is 8.70. The van der Waals surface area contributed by atoms with Crippen LogP contribution in [0.25, 0.3) is 11.0 Å². The van der Waals surface area contributed by atoms with Crippen LogP contribution in [0, 0.1) is 6.92 Å². The zero-order chi connectivity index (χ0) is 16.1. The second kappa shape index (κ2) is 7.33. The van der Waals surface area contributed by atoms with Crippen molar-refractivity contribution in [3.05, 3.63) is 65.5 Å². The number of hydrogen-bond acceptors (Lipinski definition) is 3. The number of thioether (sulfide) groups is 1. The topological polar surface area (TPSA) is 57.8 Å². The zero-order valence-electron chi connectivity index (χ0n) is 13.0. The fourth-order valence-corrected chi connectivity index (χ4v) is 3.09. The number of amides is 1. The third-order valence-electron chi connectivity index (χ3n) is 3.51. The molecule has 118 valence electrons. The van der Waals surface area contributed by atoms with Crippen LogP contribution >= 0.6 is 11.8 Å². The van der Waals surface area contributed by atoms with Crippen LogP contribution in [0.4, 0.5) is 0 Å². The van der Waals surface area contributed by atoms with Gasteiger partial charge in [0.25, 0.3) is 0 Å². The number of aromatic amines is 1. The number of para-hydroxylation sites is 2. The maximum Gasteiger partial charge on any atom is 0.230 e. The van der Waals surface area contributed by atoms with Gasteiger partial charge in [0, 0.05) is 5.75 Å². The third kappa shape index (κ3) is 4.36. The molecular weight excluding hydrogens is 306 g/mol. The van der Waals surface area contributed by atoms with Crippen molar-refractivity contribution in [2.45, 2.75) is 19.2 Å². The van der Waals surface area contributed by atoms with Crippen molar-refractivity contribution in [1.82, 2.24) is 15.3 Å². The number of carbonyl (C=O) groups excluding carboxylic acids is 1. The maximum absolute atomic E-state index is 11.9. The fourth-order valence-electron chi connectivity index (χ4n) is 2.27. The Kier molecular flexibility index (Phi) is 4.98. The Morgan fingerprint density at radius 2 is 1.96 bits per heavy atom. The van der Waals surface area contributed by atoms with Crippen molar-refractivity contribution >= 4 is 28.7 Å². The highest BCUT2D eigenvalue weighted by atomic mass is 32.2. The molecular formula is C18H19N3OS. The maximum atomic E-state index is 11.9. The lowest BCUT2D eigenvalue weighted by Gasteiger charge is -2.04. The minimum absolute atomic E-state index is 0.0302. The van der Waals surface area contributed by atoms with Gasteiger partial charge < -0.3 is 10.3 Å². The number of aromatic nitrogens is 2. The number of benzene rings is 2. The van der Waals surface area contributed by atoms with Crippen LogP contribution in [-0.2, 0) is 17.1 Å². The molecule has 23 heavy (non-hydrogen) atoms. The van der Waals surface area contributed by atoms with Gasteiger partial charge >= 0.3 is 0 Å². The number of rotatable bonds is 6. The predicted octanol–water partition coefficient (Wildman–Crippen LogP) is 3.42. The molecule has 1 aromatic heterocycles. The number of fused-ring (bicyclic) bond motifs is 1. The molecule has 0 spiro atoms. The lowest BCUT2D eigenvalue weighted by Crippen LogP contribution is -2.25. The van der Waals surface area contributed by atoms with Gasteiger partial charge in [0.15, 0.2) is 0 Å². The Morgan fingerprint density at radius 1 is 1.17 bits per heavy atom. The Labute approximate surface area is 139 Å². The third-order valence-corrected chi connectivity index (χ3v) is 4.52. The summed E-state index contributed by atoms with van der Waals surface area (Å²) in [7, 11) is 0. The van der Waals surface area contributed by atoms with Gasteiger partial charge in [-0.25, -0.2) is 4.98 Å². The first kappa shape index (κ1) is 15.6. The van der Waals surface area contributed by atoms with Gasteiger partial charge in [0.1, 0.15) is 5.82 Å². The van der Waals surface area contributed by atoms with Crippen LogP contribution in [-0.4, -0.2) is 21.6 Å². The SMILES string of the molecule is Cc1ccc(CSCC(=O)NCc2nc3ccccc3[nH]2)cc1. The summed E-state index contributed by atoms with van der Waals surface area (Å²) >= 11 is 1.62. The summed E-state index contributed by atoms with van der Waals surface area (Å²) in [5.41, 5.74) is 4.41. The molecule has 0 aliphatic carbocycles. The van der Waals surface area contributed by atoms with Gasteiger partial charge in [0.2, 0.25) is 5.91 Å². The summed E-state index contributed by atoms with van der Waals surface area (Å²) in [6, 6.07) is 16.2. The Hall–Kier alpha value is -2.27. The molecule has 2 N–H and O–H groups in total. The highest BCUT2D eigenvalue weighted by Gasteiger charge is 2.05. The largest absolute Gasteiger partial charge is 0.348 e. The lowest BCUT2D eigenvalue weighted by molar-refractivity contribution is -0.118. The van der Waals surface area contributed by atoms with E-state index in [0.29, 0.717) is 12.3 Å². The van der Waals surface area contributed by atoms with Crippen LogP contribution in [0.2, 0.25) is 0 Å². The smallest absolute Gasteiger partial charge is 0.230 e. The molecule has 0 saturated carbocycles. The quantitative estimate of drug-likeness (QED) is 0.730. The van der Waals surface area contributed by atoms with E-state index in [1.165, 1.54) is 11.1 Å². The van der Waals surface area contributed by atoms with E-state index in [1.807, 2.05) is 24.3 Å². The first-order valence-electron chi connectivity index (χ1n) is 7.54. The summed E-state index contributed by atoms with van der Waals surface area (Å²) in [5.74, 6) is 2.11. The highest BCUT2D eigenvalue weighted by Crippen LogP contribution is 2.13. The van der Waals surface area contributed by atoms with E-state index in [2.05, 4.69) is 46.5 Å². The van der Waals surface area contributed by atoms with Crippen LogP contribution < -0.4 is 5.32 Å². The lowest BCUT2D eigenvalue weighted by atomic mass is 10.2. The molecule has 1 amide bonds. The molecule has 0 bridgehead atoms. The Balaban J connectivity index is 1.43. The highest BCUT2D eigenvalue weighted by molar-refractivity contribution is 7.99. The molecule has 0 unspecified atom stereocenters. The molecule has 1 heterocycles. The summed E-state index contributed by atoms with van der Waals surface area (Å²) in [6.07, 6.45) is 0. The normalized spacial score (nSPS) is 10.8. The van der Waals surface area contributed by atoms with E-state index in [9.17, 15) is 4.79 Å². The average Bonchev–Trinajstić information content (AvgIpc) is 2.98. The number of carbonyl (C=O) groups is 1. The first-order chi connectivity index (χ1) is 11.2. The van der Waals surface area contributed by atoms with Crippen LogP contribution in [0.15, 0.2) is 48.5 Å². The average molecular weight is 325 g/mol. The molecule has 3 rings (SSSR count). The number of nitrogens with zero attached hydrogens (tertiary/aromatic N) is 1. The number of imidazole rings is 1. The fraction of sp³-hybridized carbons (Fsp3) is 0.222. The number of hydrogen-bond donors (Lipinski definition) is 2. The minimum atomic E-state index is 0.0302. The number of H-pyrrole nitrogens is 1. The molecule has 0 radical (unpaired) electrons. The van der Waals surface area contributed by atoms with E-state index < -0.39 is 0 Å². The Bertz CT molecular complexity index is 762. The van der Waals surface area contributed by atoms with Gasteiger partial charge in [-0.15, -0.1) is 11.8 Å². The molecule has 0 saturated heterocycles. The van der Waals surface area contributed by atoms with Gasteiger partial charge in [-0.3, -0.25) is 4.79 Å². The van der Waals surface area contributed by atoms with Crippen LogP contribution in [0.1, 0.15) is 17.0 Å². The van der Waals surface area contributed by atoms with Gasteiger partial charge in [-0.1, -0.05) is 42.0 Å². The summed E-state index contributed by atoms with van der Waals surface area (Å²) in [6.45, 7) is 2.50. The standard InChI is InChI=1S/C18H19N3OS/c1-13-6-8-14(9-7-13)11-23-12-18(22)19-10-17-20-15-4-2-3-5-16(15)21-17/h2-9H,10-12H2,1H3,(H,19,22)(H,20,21). The van der Waals surface area contributed by atoms with Gasteiger partial charge in [-0.05, 0) is 24.6 Å². The monoisotopic (exact) mass is 325 g/mol. The number of aryl methyl sites for hydroxylation is 1. The van der Waals surface area contributed by atoms with Crippen molar-refractivity contribution in [3.8, 4) is 0 Å². The molecule has 3 aromatic rings. The summed E-state index contributed by atoms with van der Waals surface area (Å²) in [4.78, 5) is 19.6. The zero-order valence-corrected chi connectivity index (χ0v) is 13.8. The molecule has 2 aromatic carbocycles. The van der Waals surface area contributed by atoms with Crippen LogP contribution in [0.5, 0.6) is 0 Å². The van der Waals surface area contributed by atoms with Crippen molar-refractivity contribution in [2.24, 2.45) is 0 Å². The van der Waals surface area contributed by atoms with Crippen molar-refractivity contribution in [2.75, 3.05) is 5.75 Å². The Morgan fingerprint density at radius 3 is 2.74 bits per heavy atom. The van der Waals surface area contributed by atoms with Crippen molar-refractivity contribution in [1.29, 1.82) is 0 Å². The minimum Gasteiger partial charge on any atom is -0.348 e. The second-order valence-corrected chi connectivity index (χ2v) is 6.44. The molecule has 0 aliphatic rings. The van der Waals surface area contributed by atoms with Crippen LogP contribution in [0.3, 0.4) is 0 Å². The van der Waals surface area contributed by atoms with Gasteiger partial charge in [-0.2, -0.15) is 0 Å². The number of nitrogens with one attached hydrogen (secondary N) is 2. The predicted molar refractivity (Wildman–Crippen MR) is 95.3 cm³/mol. The van der Waals surface area contributed by atoms with Gasteiger partial charge in [0.05, 0.1) is 23.3 Å². The van der Waals surface area contributed by atoms with Crippen molar-refractivity contribution < 1.29 is 4.79 Å². The summed E-state index contributed by atoms with van der Waals surface area (Å²) in [5, 5.41) is 2.90.